The predicted molar refractivity (Wildman–Crippen MR) is 81.2 cm³/mol. The van der Waals surface area contributed by atoms with Gasteiger partial charge in [0.2, 0.25) is 0 Å². The Balaban J connectivity index is 2.18. The second kappa shape index (κ2) is 5.92. The van der Waals surface area contributed by atoms with Crippen molar-refractivity contribution in [3.63, 3.8) is 0 Å². The summed E-state index contributed by atoms with van der Waals surface area (Å²) in [5.41, 5.74) is 7.05. The molecule has 1 saturated heterocycles. The van der Waals surface area contributed by atoms with Crippen LogP contribution in [0.2, 0.25) is 0 Å². The highest BCUT2D eigenvalue weighted by Gasteiger charge is 2.27. The Kier molecular flexibility index (Phi) is 4.47. The molecule has 0 bridgehead atoms. The summed E-state index contributed by atoms with van der Waals surface area (Å²) in [5, 5.41) is 0. The molecule has 2 rings (SSSR count). The van der Waals surface area contributed by atoms with E-state index < -0.39 is 0 Å². The summed E-state index contributed by atoms with van der Waals surface area (Å²) in [6, 6.07) is 5.86. The molecular formula is C14H20BrN3O. The molecule has 1 heterocycles. The van der Waals surface area contributed by atoms with Crippen LogP contribution >= 0.6 is 15.9 Å². The summed E-state index contributed by atoms with van der Waals surface area (Å²) in [7, 11) is 2.11. The molecule has 4 nitrogen and oxygen atoms in total. The van der Waals surface area contributed by atoms with Crippen LogP contribution < -0.4 is 5.73 Å². The summed E-state index contributed by atoms with van der Waals surface area (Å²) < 4.78 is 0.881. The molecule has 1 aliphatic rings. The quantitative estimate of drug-likeness (QED) is 0.848. The van der Waals surface area contributed by atoms with Gasteiger partial charge in [-0.25, -0.2) is 0 Å². The lowest BCUT2D eigenvalue weighted by Gasteiger charge is -2.39. The molecule has 1 fully saturated rings. The normalized spacial score (nSPS) is 20.6. The van der Waals surface area contributed by atoms with Crippen molar-refractivity contribution in [1.82, 2.24) is 9.80 Å². The third-order valence-electron chi connectivity index (χ3n) is 3.78. The number of nitrogens with zero attached hydrogens (tertiary/aromatic N) is 2. The van der Waals surface area contributed by atoms with Gasteiger partial charge in [-0.3, -0.25) is 9.69 Å². The van der Waals surface area contributed by atoms with Gasteiger partial charge < -0.3 is 10.6 Å². The Morgan fingerprint density at radius 2 is 2.21 bits per heavy atom. The van der Waals surface area contributed by atoms with Crippen molar-refractivity contribution in [1.29, 1.82) is 0 Å². The van der Waals surface area contributed by atoms with Gasteiger partial charge >= 0.3 is 0 Å². The first-order chi connectivity index (χ1) is 9.02. The van der Waals surface area contributed by atoms with E-state index in [1.165, 1.54) is 0 Å². The van der Waals surface area contributed by atoms with E-state index >= 15 is 0 Å². The number of hydrogen-bond donors (Lipinski definition) is 1. The maximum absolute atomic E-state index is 12.5. The topological polar surface area (TPSA) is 49.6 Å². The van der Waals surface area contributed by atoms with Gasteiger partial charge in [0.1, 0.15) is 0 Å². The molecule has 0 radical (unpaired) electrons. The Morgan fingerprint density at radius 1 is 1.47 bits per heavy atom. The van der Waals surface area contributed by atoms with Crippen LogP contribution in [-0.4, -0.2) is 48.4 Å². The third kappa shape index (κ3) is 3.09. The Hall–Kier alpha value is -1.07. The molecule has 0 spiro atoms. The minimum atomic E-state index is 0.0327. The number of hydrogen-bond acceptors (Lipinski definition) is 3. The fraction of sp³-hybridized carbons (Fsp3) is 0.500. The third-order valence-corrected chi connectivity index (χ3v) is 4.27. The average molecular weight is 326 g/mol. The van der Waals surface area contributed by atoms with Gasteiger partial charge in [0.05, 0.1) is 5.56 Å². The van der Waals surface area contributed by atoms with Crippen LogP contribution in [0.5, 0.6) is 0 Å². The standard InChI is InChI=1S/C14H20BrN3O/c1-3-11-9-18(7-6-17(11)2)14(19)12-8-10(15)4-5-13(12)16/h4-5,8,11H,3,6-7,9,16H2,1-2H3. The fourth-order valence-electron chi connectivity index (χ4n) is 2.46. The van der Waals surface area contributed by atoms with E-state index in [4.69, 9.17) is 5.73 Å². The van der Waals surface area contributed by atoms with Crippen LogP contribution in [0.3, 0.4) is 0 Å². The monoisotopic (exact) mass is 325 g/mol. The number of anilines is 1. The molecule has 1 aliphatic heterocycles. The number of amides is 1. The van der Waals surface area contributed by atoms with Gasteiger partial charge in [-0.2, -0.15) is 0 Å². The first kappa shape index (κ1) is 14.3. The summed E-state index contributed by atoms with van der Waals surface area (Å²) >= 11 is 3.39. The zero-order chi connectivity index (χ0) is 14.0. The first-order valence-corrected chi connectivity index (χ1v) is 7.36. The van der Waals surface area contributed by atoms with E-state index in [1.54, 1.807) is 12.1 Å². The average Bonchev–Trinajstić information content (AvgIpc) is 2.41. The maximum Gasteiger partial charge on any atom is 0.256 e. The Bertz CT molecular complexity index is 478. The molecule has 19 heavy (non-hydrogen) atoms. The number of carbonyl (C=O) groups is 1. The molecule has 2 N–H and O–H groups in total. The summed E-state index contributed by atoms with van der Waals surface area (Å²) in [5.74, 6) is 0.0327. The minimum Gasteiger partial charge on any atom is -0.398 e. The van der Waals surface area contributed by atoms with Gasteiger partial charge in [-0.05, 0) is 31.7 Å². The van der Waals surface area contributed by atoms with E-state index in [0.717, 1.165) is 30.5 Å². The molecule has 0 aliphatic carbocycles. The van der Waals surface area contributed by atoms with Crippen LogP contribution in [0.1, 0.15) is 23.7 Å². The lowest BCUT2D eigenvalue weighted by atomic mass is 10.1. The second-order valence-corrected chi connectivity index (χ2v) is 5.94. The van der Waals surface area contributed by atoms with Crippen molar-refractivity contribution in [2.75, 3.05) is 32.4 Å². The summed E-state index contributed by atoms with van der Waals surface area (Å²) in [4.78, 5) is 16.8. The number of carbonyl (C=O) groups excluding carboxylic acids is 1. The molecule has 0 saturated carbocycles. The zero-order valence-electron chi connectivity index (χ0n) is 11.4. The summed E-state index contributed by atoms with van der Waals surface area (Å²) in [6.07, 6.45) is 1.05. The molecular weight excluding hydrogens is 306 g/mol. The van der Waals surface area contributed by atoms with E-state index in [2.05, 4.69) is 34.8 Å². The minimum absolute atomic E-state index is 0.0327. The Morgan fingerprint density at radius 3 is 2.89 bits per heavy atom. The van der Waals surface area contributed by atoms with E-state index in [9.17, 15) is 4.79 Å². The van der Waals surface area contributed by atoms with Gasteiger partial charge in [0.15, 0.2) is 0 Å². The van der Waals surface area contributed by atoms with E-state index in [0.29, 0.717) is 17.3 Å². The molecule has 1 atom stereocenters. The van der Waals surface area contributed by atoms with Crippen molar-refractivity contribution in [2.45, 2.75) is 19.4 Å². The Labute approximate surface area is 122 Å². The lowest BCUT2D eigenvalue weighted by molar-refractivity contribution is 0.0543. The highest BCUT2D eigenvalue weighted by molar-refractivity contribution is 9.10. The van der Waals surface area contributed by atoms with E-state index in [1.807, 2.05) is 11.0 Å². The largest absolute Gasteiger partial charge is 0.398 e. The first-order valence-electron chi connectivity index (χ1n) is 6.57. The van der Waals surface area contributed by atoms with Gasteiger partial charge in [0.25, 0.3) is 5.91 Å². The number of halogens is 1. The van der Waals surface area contributed by atoms with Crippen molar-refractivity contribution in [3.05, 3.63) is 28.2 Å². The number of nitrogen functional groups attached to an aromatic ring is 1. The van der Waals surface area contributed by atoms with Crippen LogP contribution in [0.25, 0.3) is 0 Å². The van der Waals surface area contributed by atoms with Crippen molar-refractivity contribution >= 4 is 27.5 Å². The molecule has 104 valence electrons. The number of piperazine rings is 1. The molecule has 1 unspecified atom stereocenters. The summed E-state index contributed by atoms with van der Waals surface area (Å²) in [6.45, 7) is 4.61. The molecule has 1 aromatic carbocycles. The van der Waals surface area contributed by atoms with E-state index in [-0.39, 0.29) is 5.91 Å². The lowest BCUT2D eigenvalue weighted by Crippen LogP contribution is -2.53. The van der Waals surface area contributed by atoms with Crippen molar-refractivity contribution < 1.29 is 4.79 Å². The number of likely N-dealkylation sites (N-methyl/N-ethyl adjacent to an activating group) is 1. The molecule has 1 aromatic rings. The smallest absolute Gasteiger partial charge is 0.256 e. The predicted octanol–water partition coefficient (Wildman–Crippen LogP) is 2.20. The van der Waals surface area contributed by atoms with Crippen LogP contribution in [-0.2, 0) is 0 Å². The number of benzene rings is 1. The van der Waals surface area contributed by atoms with Crippen molar-refractivity contribution in [3.8, 4) is 0 Å². The van der Waals surface area contributed by atoms with Crippen molar-refractivity contribution in [2.24, 2.45) is 0 Å². The van der Waals surface area contributed by atoms with Gasteiger partial charge in [0, 0.05) is 35.8 Å². The highest BCUT2D eigenvalue weighted by atomic mass is 79.9. The van der Waals surface area contributed by atoms with Crippen LogP contribution in [0.4, 0.5) is 5.69 Å². The van der Waals surface area contributed by atoms with Crippen LogP contribution in [0, 0.1) is 0 Å². The molecule has 1 amide bonds. The highest BCUT2D eigenvalue weighted by Crippen LogP contribution is 2.21. The van der Waals surface area contributed by atoms with Crippen LogP contribution in [0.15, 0.2) is 22.7 Å². The number of nitrogens with two attached hydrogens (primary N) is 1. The maximum atomic E-state index is 12.5. The number of rotatable bonds is 2. The zero-order valence-corrected chi connectivity index (χ0v) is 13.0. The fourth-order valence-corrected chi connectivity index (χ4v) is 2.82. The SMILES string of the molecule is CCC1CN(C(=O)c2cc(Br)ccc2N)CCN1C. The van der Waals surface area contributed by atoms with Gasteiger partial charge in [-0.15, -0.1) is 0 Å². The van der Waals surface area contributed by atoms with Gasteiger partial charge in [-0.1, -0.05) is 22.9 Å². The molecule has 5 heteroatoms. The molecule has 0 aromatic heterocycles. The second-order valence-electron chi connectivity index (χ2n) is 5.03.